The Bertz CT molecular complexity index is 1560. The summed E-state index contributed by atoms with van der Waals surface area (Å²) >= 11 is 0. The summed E-state index contributed by atoms with van der Waals surface area (Å²) in [6.45, 7) is 0. The van der Waals surface area contributed by atoms with Gasteiger partial charge in [0.05, 0.1) is 4.90 Å². The fourth-order valence-corrected chi connectivity index (χ4v) is 4.54. The summed E-state index contributed by atoms with van der Waals surface area (Å²) in [5, 5.41) is 2.84. The topological polar surface area (TPSA) is 101 Å². The number of amides is 1. The number of aromatic nitrogens is 1. The van der Waals surface area contributed by atoms with E-state index in [0.717, 1.165) is 11.1 Å². The van der Waals surface area contributed by atoms with E-state index < -0.39 is 10.0 Å². The standard InChI is InChI=1S/C26H19N3O4S/c30-25(18-8-6-11-21(16-18)29-34(31,32)22-12-2-1-3-13-22)27-20-10-7-9-19(17-20)26-28-23-14-4-5-15-24(23)33-26/h1-17,29H,(H,27,30). The molecule has 0 saturated carbocycles. The average Bonchev–Trinajstić information content (AvgIpc) is 3.29. The minimum Gasteiger partial charge on any atom is -0.436 e. The smallest absolute Gasteiger partial charge is 0.261 e. The number of nitrogens with one attached hydrogen (secondary N) is 2. The van der Waals surface area contributed by atoms with Crippen LogP contribution in [-0.4, -0.2) is 19.3 Å². The molecule has 0 aliphatic heterocycles. The van der Waals surface area contributed by atoms with Gasteiger partial charge in [-0.05, 0) is 60.7 Å². The van der Waals surface area contributed by atoms with E-state index in [-0.39, 0.29) is 16.5 Å². The van der Waals surface area contributed by atoms with Crippen LogP contribution in [0.1, 0.15) is 10.4 Å². The Kier molecular flexibility index (Phi) is 5.57. The first-order valence-electron chi connectivity index (χ1n) is 10.4. The Morgan fingerprint density at radius 3 is 2.32 bits per heavy atom. The number of para-hydroxylation sites is 2. The SMILES string of the molecule is O=C(Nc1cccc(-c2nc3ccccc3o2)c1)c1cccc(NS(=O)(=O)c2ccccc2)c1. The van der Waals surface area contributed by atoms with Gasteiger partial charge in [-0.15, -0.1) is 0 Å². The molecule has 0 aliphatic carbocycles. The molecule has 1 aromatic heterocycles. The lowest BCUT2D eigenvalue weighted by atomic mass is 10.1. The number of anilines is 2. The van der Waals surface area contributed by atoms with Crippen LogP contribution in [0.3, 0.4) is 0 Å². The van der Waals surface area contributed by atoms with Crippen molar-refractivity contribution in [3.63, 3.8) is 0 Å². The molecule has 34 heavy (non-hydrogen) atoms. The molecular weight excluding hydrogens is 450 g/mol. The van der Waals surface area contributed by atoms with E-state index >= 15 is 0 Å². The Labute approximate surface area is 196 Å². The lowest BCUT2D eigenvalue weighted by Gasteiger charge is -2.10. The third-order valence-electron chi connectivity index (χ3n) is 5.09. The Morgan fingerprint density at radius 1 is 0.765 bits per heavy atom. The highest BCUT2D eigenvalue weighted by Gasteiger charge is 2.15. The molecule has 7 nitrogen and oxygen atoms in total. The van der Waals surface area contributed by atoms with Crippen LogP contribution >= 0.6 is 0 Å². The van der Waals surface area contributed by atoms with Gasteiger partial charge in [0.25, 0.3) is 15.9 Å². The normalized spacial score (nSPS) is 11.3. The molecule has 0 bridgehead atoms. The van der Waals surface area contributed by atoms with Crippen LogP contribution in [-0.2, 0) is 10.0 Å². The molecule has 0 saturated heterocycles. The Morgan fingerprint density at radius 2 is 1.50 bits per heavy atom. The van der Waals surface area contributed by atoms with Crippen LogP contribution in [0.2, 0.25) is 0 Å². The highest BCUT2D eigenvalue weighted by Crippen LogP contribution is 2.26. The second-order valence-corrected chi connectivity index (χ2v) is 9.20. The average molecular weight is 470 g/mol. The quantitative estimate of drug-likeness (QED) is 0.340. The summed E-state index contributed by atoms with van der Waals surface area (Å²) in [4.78, 5) is 17.5. The number of carbonyl (C=O) groups is 1. The van der Waals surface area contributed by atoms with Gasteiger partial charge in [0.1, 0.15) is 5.52 Å². The molecule has 4 aromatic carbocycles. The number of benzene rings is 4. The molecule has 0 unspecified atom stereocenters. The minimum atomic E-state index is -3.76. The van der Waals surface area contributed by atoms with Crippen molar-refractivity contribution in [2.45, 2.75) is 4.90 Å². The molecule has 168 valence electrons. The van der Waals surface area contributed by atoms with Gasteiger partial charge in [0.15, 0.2) is 5.58 Å². The number of hydrogen-bond donors (Lipinski definition) is 2. The van der Waals surface area contributed by atoms with Crippen LogP contribution < -0.4 is 10.0 Å². The van der Waals surface area contributed by atoms with Gasteiger partial charge in [-0.3, -0.25) is 9.52 Å². The zero-order valence-electron chi connectivity index (χ0n) is 17.8. The van der Waals surface area contributed by atoms with E-state index in [0.29, 0.717) is 22.7 Å². The summed E-state index contributed by atoms with van der Waals surface area (Å²) in [7, 11) is -3.76. The molecule has 5 aromatic rings. The van der Waals surface area contributed by atoms with Crippen molar-refractivity contribution in [2.75, 3.05) is 10.0 Å². The first kappa shape index (κ1) is 21.4. The van der Waals surface area contributed by atoms with Gasteiger partial charge in [0, 0.05) is 22.5 Å². The van der Waals surface area contributed by atoms with Gasteiger partial charge < -0.3 is 9.73 Å². The number of nitrogens with zero attached hydrogens (tertiary/aromatic N) is 1. The van der Waals surface area contributed by atoms with Crippen molar-refractivity contribution in [3.05, 3.63) is 109 Å². The molecule has 0 fully saturated rings. The van der Waals surface area contributed by atoms with E-state index in [4.69, 9.17) is 4.42 Å². The fourth-order valence-electron chi connectivity index (χ4n) is 3.47. The second-order valence-electron chi connectivity index (χ2n) is 7.52. The van der Waals surface area contributed by atoms with Crippen molar-refractivity contribution in [1.29, 1.82) is 0 Å². The predicted octanol–water partition coefficient (Wildman–Crippen LogP) is 5.55. The maximum atomic E-state index is 12.9. The Balaban J connectivity index is 1.34. The van der Waals surface area contributed by atoms with E-state index in [9.17, 15) is 13.2 Å². The van der Waals surface area contributed by atoms with Crippen LogP contribution in [0.5, 0.6) is 0 Å². The van der Waals surface area contributed by atoms with E-state index in [1.165, 1.54) is 18.2 Å². The molecule has 0 atom stereocenters. The molecule has 0 radical (unpaired) electrons. The van der Waals surface area contributed by atoms with E-state index in [1.54, 1.807) is 54.6 Å². The summed E-state index contributed by atoms with van der Waals surface area (Å²) < 4.78 is 33.5. The maximum absolute atomic E-state index is 12.9. The number of sulfonamides is 1. The second kappa shape index (κ2) is 8.84. The first-order valence-corrected chi connectivity index (χ1v) is 11.9. The fraction of sp³-hybridized carbons (Fsp3) is 0. The predicted molar refractivity (Wildman–Crippen MR) is 131 cm³/mol. The van der Waals surface area contributed by atoms with Crippen LogP contribution in [0.4, 0.5) is 11.4 Å². The third kappa shape index (κ3) is 4.53. The Hall–Kier alpha value is -4.43. The van der Waals surface area contributed by atoms with Crippen LogP contribution in [0, 0.1) is 0 Å². The summed E-state index contributed by atoms with van der Waals surface area (Å²) in [6.07, 6.45) is 0. The first-order chi connectivity index (χ1) is 16.5. The van der Waals surface area contributed by atoms with Gasteiger partial charge in [-0.25, -0.2) is 13.4 Å². The number of hydrogen-bond acceptors (Lipinski definition) is 5. The van der Waals surface area contributed by atoms with Crippen molar-refractivity contribution in [1.82, 2.24) is 4.98 Å². The summed E-state index contributed by atoms with van der Waals surface area (Å²) in [5.41, 5.74) is 3.30. The van der Waals surface area contributed by atoms with E-state index in [1.807, 2.05) is 30.3 Å². The summed E-state index contributed by atoms with van der Waals surface area (Å²) in [5.74, 6) is 0.0742. The monoisotopic (exact) mass is 469 g/mol. The number of fused-ring (bicyclic) bond motifs is 1. The lowest BCUT2D eigenvalue weighted by Crippen LogP contribution is -2.15. The van der Waals surface area contributed by atoms with Crippen LogP contribution in [0.25, 0.3) is 22.6 Å². The lowest BCUT2D eigenvalue weighted by molar-refractivity contribution is 0.102. The highest BCUT2D eigenvalue weighted by molar-refractivity contribution is 7.92. The van der Waals surface area contributed by atoms with Gasteiger partial charge >= 0.3 is 0 Å². The van der Waals surface area contributed by atoms with E-state index in [2.05, 4.69) is 15.0 Å². The van der Waals surface area contributed by atoms with Crippen molar-refractivity contribution in [2.24, 2.45) is 0 Å². The molecule has 8 heteroatoms. The van der Waals surface area contributed by atoms with Gasteiger partial charge in [0.2, 0.25) is 5.89 Å². The summed E-state index contributed by atoms with van der Waals surface area (Å²) in [6, 6.07) is 29.0. The molecule has 2 N–H and O–H groups in total. The zero-order valence-corrected chi connectivity index (χ0v) is 18.6. The number of rotatable bonds is 6. The molecule has 1 heterocycles. The van der Waals surface area contributed by atoms with Crippen molar-refractivity contribution in [3.8, 4) is 11.5 Å². The zero-order chi connectivity index (χ0) is 23.5. The van der Waals surface area contributed by atoms with Gasteiger partial charge in [-0.2, -0.15) is 0 Å². The largest absolute Gasteiger partial charge is 0.436 e. The maximum Gasteiger partial charge on any atom is 0.261 e. The number of oxazole rings is 1. The van der Waals surface area contributed by atoms with Crippen molar-refractivity contribution >= 4 is 38.4 Å². The third-order valence-corrected chi connectivity index (χ3v) is 6.49. The molecular formula is C26H19N3O4S. The van der Waals surface area contributed by atoms with Crippen molar-refractivity contribution < 1.29 is 17.6 Å². The molecule has 0 aliphatic rings. The minimum absolute atomic E-state index is 0.140. The molecule has 0 spiro atoms. The number of carbonyl (C=O) groups excluding carboxylic acids is 1. The highest BCUT2D eigenvalue weighted by atomic mass is 32.2. The molecule has 5 rings (SSSR count). The van der Waals surface area contributed by atoms with Crippen LogP contribution in [0.15, 0.2) is 112 Å². The van der Waals surface area contributed by atoms with Gasteiger partial charge in [-0.1, -0.05) is 42.5 Å². The molecule has 1 amide bonds.